The van der Waals surface area contributed by atoms with Crippen molar-refractivity contribution < 1.29 is 4.79 Å². The van der Waals surface area contributed by atoms with Gasteiger partial charge in [-0.25, -0.2) is 0 Å². The predicted octanol–water partition coefficient (Wildman–Crippen LogP) is 1.16. The van der Waals surface area contributed by atoms with Gasteiger partial charge in [-0.2, -0.15) is 0 Å². The zero-order valence-corrected chi connectivity index (χ0v) is 16.9. The summed E-state index contributed by atoms with van der Waals surface area (Å²) in [5, 5.41) is 11.8. The van der Waals surface area contributed by atoms with Crippen LogP contribution in [0.5, 0.6) is 0 Å². The van der Waals surface area contributed by atoms with Crippen LogP contribution in [0.2, 0.25) is 0 Å². The number of aromatic nitrogens is 3. The Hall–Kier alpha value is -1.51. The van der Waals surface area contributed by atoms with E-state index in [0.29, 0.717) is 29.7 Å². The molecule has 0 saturated carbocycles. The molecule has 0 spiro atoms. The van der Waals surface area contributed by atoms with Crippen molar-refractivity contribution in [2.75, 3.05) is 20.1 Å². The van der Waals surface area contributed by atoms with Crippen LogP contribution in [0, 0.1) is 5.92 Å². The van der Waals surface area contributed by atoms with E-state index >= 15 is 0 Å². The second kappa shape index (κ2) is 9.61. The van der Waals surface area contributed by atoms with E-state index in [1.807, 2.05) is 7.05 Å². The summed E-state index contributed by atoms with van der Waals surface area (Å²) in [4.78, 5) is 14.4. The average Bonchev–Trinajstić information content (AvgIpc) is 3.28. The fourth-order valence-electron chi connectivity index (χ4n) is 4.24. The highest BCUT2D eigenvalue weighted by atomic mass is 16.2. The summed E-state index contributed by atoms with van der Waals surface area (Å²) in [5.74, 6) is 0.559. The monoisotopic (exact) mass is 377 g/mol. The van der Waals surface area contributed by atoms with E-state index in [2.05, 4.69) is 40.3 Å². The largest absolute Gasteiger partial charge is 0.340 e. The van der Waals surface area contributed by atoms with E-state index in [1.54, 1.807) is 15.8 Å². The van der Waals surface area contributed by atoms with Gasteiger partial charge in [-0.1, -0.05) is 11.6 Å². The van der Waals surface area contributed by atoms with Gasteiger partial charge in [0.15, 0.2) is 5.69 Å². The minimum atomic E-state index is -0.0409. The second-order valence-corrected chi connectivity index (χ2v) is 8.20. The fraction of sp³-hybridized carbons (Fsp3) is 0.842. The zero-order chi connectivity index (χ0) is 19.2. The first-order valence-corrected chi connectivity index (χ1v) is 10.4. The molecule has 2 fully saturated rings. The molecule has 3 N–H and O–H groups in total. The number of hydrogen-bond acceptors (Lipinski definition) is 6. The Kier molecular flexibility index (Phi) is 7.20. The summed E-state index contributed by atoms with van der Waals surface area (Å²) in [6, 6.07) is 1.51. The number of carbonyl (C=O) groups is 1. The number of aryl methyl sites for hydroxylation is 1. The summed E-state index contributed by atoms with van der Waals surface area (Å²) in [6.45, 7) is 7.07. The van der Waals surface area contributed by atoms with Gasteiger partial charge in [-0.15, -0.1) is 5.10 Å². The molecule has 3 rings (SSSR count). The van der Waals surface area contributed by atoms with Crippen molar-refractivity contribution in [3.8, 4) is 0 Å². The lowest BCUT2D eigenvalue weighted by atomic mass is 9.91. The van der Waals surface area contributed by atoms with E-state index in [1.165, 1.54) is 19.3 Å². The van der Waals surface area contributed by atoms with Gasteiger partial charge >= 0.3 is 0 Å². The smallest absolute Gasteiger partial charge is 0.275 e. The molecule has 0 aromatic carbocycles. The molecular weight excluding hydrogens is 342 g/mol. The normalized spacial score (nSPS) is 28.4. The Morgan fingerprint density at radius 3 is 2.74 bits per heavy atom. The maximum absolute atomic E-state index is 12.6. The van der Waals surface area contributed by atoms with Gasteiger partial charge < -0.3 is 10.2 Å². The third kappa shape index (κ3) is 5.49. The van der Waals surface area contributed by atoms with Crippen LogP contribution in [0.25, 0.3) is 0 Å². The van der Waals surface area contributed by atoms with Crippen molar-refractivity contribution in [1.29, 1.82) is 0 Å². The van der Waals surface area contributed by atoms with Crippen LogP contribution >= 0.6 is 0 Å². The number of nitrogens with zero attached hydrogens (tertiary/aromatic N) is 4. The quantitative estimate of drug-likeness (QED) is 0.630. The highest BCUT2D eigenvalue weighted by Crippen LogP contribution is 2.20. The molecule has 8 heteroatoms. The molecule has 2 aliphatic rings. The van der Waals surface area contributed by atoms with Crippen LogP contribution in [-0.2, 0) is 6.54 Å². The predicted molar refractivity (Wildman–Crippen MR) is 105 cm³/mol. The highest BCUT2D eigenvalue weighted by Gasteiger charge is 2.29. The van der Waals surface area contributed by atoms with Gasteiger partial charge in [0.2, 0.25) is 0 Å². The van der Waals surface area contributed by atoms with Gasteiger partial charge in [0, 0.05) is 38.3 Å². The van der Waals surface area contributed by atoms with Crippen LogP contribution in [0.4, 0.5) is 0 Å². The number of hydrazine groups is 1. The Labute approximate surface area is 162 Å². The molecule has 3 atom stereocenters. The standard InChI is InChI=1S/C19H35N7O/c1-14-17(15(2)22-21-14)8-6-11-25(3)19(27)18-13-26(24-23-18)12-9-16-7-4-5-10-20-16/h13-17,20-22H,4-12H2,1-3H3. The van der Waals surface area contributed by atoms with E-state index in [4.69, 9.17) is 0 Å². The highest BCUT2D eigenvalue weighted by molar-refractivity contribution is 5.91. The maximum Gasteiger partial charge on any atom is 0.275 e. The van der Waals surface area contributed by atoms with Crippen LogP contribution < -0.4 is 16.2 Å². The van der Waals surface area contributed by atoms with Crippen LogP contribution in [0.3, 0.4) is 0 Å². The Bertz CT molecular complexity index is 589. The summed E-state index contributed by atoms with van der Waals surface area (Å²) < 4.78 is 1.80. The number of hydrogen-bond donors (Lipinski definition) is 3. The van der Waals surface area contributed by atoms with Crippen LogP contribution in [0.1, 0.15) is 62.9 Å². The van der Waals surface area contributed by atoms with Gasteiger partial charge in [-0.3, -0.25) is 20.3 Å². The number of nitrogens with one attached hydrogen (secondary N) is 3. The molecule has 0 aliphatic carbocycles. The molecule has 0 bridgehead atoms. The minimum absolute atomic E-state index is 0.0409. The summed E-state index contributed by atoms with van der Waals surface area (Å²) in [7, 11) is 1.85. The molecule has 2 aliphatic heterocycles. The number of carbonyl (C=O) groups excluding carboxylic acids is 1. The maximum atomic E-state index is 12.6. The molecular formula is C19H35N7O. The lowest BCUT2D eigenvalue weighted by Crippen LogP contribution is -2.34. The molecule has 2 saturated heterocycles. The first kappa shape index (κ1) is 20.2. The molecule has 152 valence electrons. The molecule has 1 aromatic heterocycles. The van der Waals surface area contributed by atoms with Crippen molar-refractivity contribution in [2.24, 2.45) is 5.92 Å². The summed E-state index contributed by atoms with van der Waals surface area (Å²) in [6.07, 6.45) is 8.72. The van der Waals surface area contributed by atoms with Gasteiger partial charge in [-0.05, 0) is 58.4 Å². The van der Waals surface area contributed by atoms with Gasteiger partial charge in [0.05, 0.1) is 6.20 Å². The van der Waals surface area contributed by atoms with Gasteiger partial charge in [0.1, 0.15) is 0 Å². The van der Waals surface area contributed by atoms with Gasteiger partial charge in [0.25, 0.3) is 5.91 Å². The van der Waals surface area contributed by atoms with E-state index < -0.39 is 0 Å². The lowest BCUT2D eigenvalue weighted by Gasteiger charge is -2.23. The molecule has 27 heavy (non-hydrogen) atoms. The minimum Gasteiger partial charge on any atom is -0.340 e. The van der Waals surface area contributed by atoms with Crippen molar-refractivity contribution in [3.63, 3.8) is 0 Å². The van der Waals surface area contributed by atoms with Crippen molar-refractivity contribution in [2.45, 2.75) is 77.0 Å². The topological polar surface area (TPSA) is 87.1 Å². The fourth-order valence-corrected chi connectivity index (χ4v) is 4.24. The molecule has 0 radical (unpaired) electrons. The Morgan fingerprint density at radius 1 is 1.26 bits per heavy atom. The second-order valence-electron chi connectivity index (χ2n) is 8.20. The Morgan fingerprint density at radius 2 is 2.04 bits per heavy atom. The van der Waals surface area contributed by atoms with Crippen molar-refractivity contribution in [1.82, 2.24) is 36.1 Å². The average molecular weight is 378 g/mol. The van der Waals surface area contributed by atoms with E-state index in [0.717, 1.165) is 38.9 Å². The molecule has 1 amide bonds. The number of rotatable bonds is 8. The SMILES string of the molecule is CC1NNC(C)C1CCCN(C)C(=O)c1cn(CCC2CCCCN2)nn1. The summed E-state index contributed by atoms with van der Waals surface area (Å²) in [5.41, 5.74) is 7.02. The number of piperidine rings is 1. The first-order chi connectivity index (χ1) is 13.0. The van der Waals surface area contributed by atoms with E-state index in [9.17, 15) is 4.79 Å². The van der Waals surface area contributed by atoms with Crippen LogP contribution in [-0.4, -0.2) is 64.1 Å². The van der Waals surface area contributed by atoms with Crippen molar-refractivity contribution >= 4 is 5.91 Å². The lowest BCUT2D eigenvalue weighted by molar-refractivity contribution is 0.0784. The molecule has 1 aromatic rings. The van der Waals surface area contributed by atoms with E-state index in [-0.39, 0.29) is 5.91 Å². The molecule has 8 nitrogen and oxygen atoms in total. The number of amides is 1. The molecule has 3 heterocycles. The third-order valence-corrected chi connectivity index (χ3v) is 6.08. The zero-order valence-electron chi connectivity index (χ0n) is 16.9. The first-order valence-electron chi connectivity index (χ1n) is 10.4. The molecule has 3 unspecified atom stereocenters. The third-order valence-electron chi connectivity index (χ3n) is 6.08. The van der Waals surface area contributed by atoms with Crippen LogP contribution in [0.15, 0.2) is 6.20 Å². The summed E-state index contributed by atoms with van der Waals surface area (Å²) >= 11 is 0. The van der Waals surface area contributed by atoms with Crippen molar-refractivity contribution in [3.05, 3.63) is 11.9 Å². The Balaban J connectivity index is 1.41.